The lowest BCUT2D eigenvalue weighted by Crippen LogP contribution is -2.43. The van der Waals surface area contributed by atoms with Crippen molar-refractivity contribution in [2.75, 3.05) is 26.0 Å². The SMILES string of the molecule is C=CCn1c(SCC(=O)N2C[C@H](C)C[C@@H](C)C2)nnc1-c1ccccc1OC. The molecule has 2 heterocycles. The number of ether oxygens (including phenoxy) is 1. The first-order valence-electron chi connectivity index (χ1n) is 9.61. The van der Waals surface area contributed by atoms with Crippen LogP contribution in [0.5, 0.6) is 5.75 Å². The number of para-hydroxylation sites is 1. The van der Waals surface area contributed by atoms with Crippen LogP contribution in [0.4, 0.5) is 0 Å². The van der Waals surface area contributed by atoms with E-state index in [4.69, 9.17) is 4.74 Å². The fourth-order valence-electron chi connectivity index (χ4n) is 3.80. The maximum absolute atomic E-state index is 12.7. The normalized spacial score (nSPS) is 19.5. The van der Waals surface area contributed by atoms with Gasteiger partial charge >= 0.3 is 0 Å². The molecule has 0 N–H and O–H groups in total. The summed E-state index contributed by atoms with van der Waals surface area (Å²) < 4.78 is 7.44. The van der Waals surface area contributed by atoms with Gasteiger partial charge in [0.2, 0.25) is 5.91 Å². The molecular weight excluding hydrogens is 372 g/mol. The van der Waals surface area contributed by atoms with Crippen molar-refractivity contribution in [1.82, 2.24) is 19.7 Å². The van der Waals surface area contributed by atoms with Crippen LogP contribution in [0, 0.1) is 11.8 Å². The summed E-state index contributed by atoms with van der Waals surface area (Å²) in [6.45, 7) is 10.5. The Morgan fingerprint density at radius 1 is 1.29 bits per heavy atom. The maximum atomic E-state index is 12.7. The number of amides is 1. The number of hydrogen-bond donors (Lipinski definition) is 0. The van der Waals surface area contributed by atoms with Crippen LogP contribution < -0.4 is 4.74 Å². The standard InChI is InChI=1S/C21H28N4O2S/c1-5-10-25-20(17-8-6-7-9-18(17)27-4)22-23-21(25)28-14-19(26)24-12-15(2)11-16(3)13-24/h5-9,15-16H,1,10-14H2,2-4H3/t15-,16-/m1/s1. The van der Waals surface area contributed by atoms with Crippen molar-refractivity contribution >= 4 is 17.7 Å². The minimum atomic E-state index is 0.162. The lowest BCUT2D eigenvalue weighted by atomic mass is 9.92. The van der Waals surface area contributed by atoms with E-state index in [0.29, 0.717) is 35.1 Å². The van der Waals surface area contributed by atoms with Gasteiger partial charge in [0.25, 0.3) is 0 Å². The number of likely N-dealkylation sites (tertiary alicyclic amines) is 1. The maximum Gasteiger partial charge on any atom is 0.233 e. The molecule has 0 unspecified atom stereocenters. The Labute approximate surface area is 171 Å². The van der Waals surface area contributed by atoms with E-state index >= 15 is 0 Å². The summed E-state index contributed by atoms with van der Waals surface area (Å²) in [7, 11) is 1.64. The number of carbonyl (C=O) groups is 1. The Balaban J connectivity index is 1.76. The fraction of sp³-hybridized carbons (Fsp3) is 0.476. The van der Waals surface area contributed by atoms with Crippen LogP contribution in [0.25, 0.3) is 11.4 Å². The Morgan fingerprint density at radius 3 is 2.68 bits per heavy atom. The molecule has 1 fully saturated rings. The molecule has 1 aromatic carbocycles. The summed E-state index contributed by atoms with van der Waals surface area (Å²) in [5.41, 5.74) is 0.871. The number of methoxy groups -OCH3 is 1. The van der Waals surface area contributed by atoms with Gasteiger partial charge in [-0.15, -0.1) is 16.8 Å². The van der Waals surface area contributed by atoms with E-state index in [-0.39, 0.29) is 5.91 Å². The second-order valence-electron chi connectivity index (χ2n) is 7.44. The van der Waals surface area contributed by atoms with Gasteiger partial charge in [-0.3, -0.25) is 9.36 Å². The van der Waals surface area contributed by atoms with Gasteiger partial charge < -0.3 is 9.64 Å². The van der Waals surface area contributed by atoms with E-state index in [1.165, 1.54) is 18.2 Å². The Morgan fingerprint density at radius 2 is 2.00 bits per heavy atom. The van der Waals surface area contributed by atoms with Gasteiger partial charge in [-0.25, -0.2) is 0 Å². The van der Waals surface area contributed by atoms with E-state index in [1.807, 2.05) is 39.8 Å². The van der Waals surface area contributed by atoms with Crippen LogP contribution in [-0.4, -0.2) is 51.5 Å². The Bertz CT molecular complexity index is 826. The molecule has 0 radical (unpaired) electrons. The van der Waals surface area contributed by atoms with Crippen molar-refractivity contribution in [2.24, 2.45) is 11.8 Å². The lowest BCUT2D eigenvalue weighted by molar-refractivity contribution is -0.130. The van der Waals surface area contributed by atoms with Crippen LogP contribution >= 0.6 is 11.8 Å². The molecule has 2 atom stereocenters. The number of allylic oxidation sites excluding steroid dienone is 1. The summed E-state index contributed by atoms with van der Waals surface area (Å²) in [5.74, 6) is 3.09. The lowest BCUT2D eigenvalue weighted by Gasteiger charge is -2.34. The van der Waals surface area contributed by atoms with Gasteiger partial charge in [0, 0.05) is 19.6 Å². The van der Waals surface area contributed by atoms with Crippen LogP contribution in [0.3, 0.4) is 0 Å². The zero-order valence-electron chi connectivity index (χ0n) is 16.8. The third-order valence-corrected chi connectivity index (χ3v) is 5.87. The van der Waals surface area contributed by atoms with Crippen molar-refractivity contribution in [3.05, 3.63) is 36.9 Å². The molecule has 7 heteroatoms. The van der Waals surface area contributed by atoms with Gasteiger partial charge in [-0.2, -0.15) is 0 Å². The van der Waals surface area contributed by atoms with Gasteiger partial charge in [0.05, 0.1) is 18.4 Å². The molecule has 28 heavy (non-hydrogen) atoms. The highest BCUT2D eigenvalue weighted by Crippen LogP contribution is 2.31. The molecule has 6 nitrogen and oxygen atoms in total. The summed E-state index contributed by atoms with van der Waals surface area (Å²) >= 11 is 1.43. The monoisotopic (exact) mass is 400 g/mol. The molecule has 2 aromatic rings. The van der Waals surface area contributed by atoms with E-state index in [9.17, 15) is 4.79 Å². The van der Waals surface area contributed by atoms with Gasteiger partial charge in [-0.1, -0.05) is 43.8 Å². The third kappa shape index (κ3) is 4.58. The molecule has 1 saturated heterocycles. The number of hydrogen-bond acceptors (Lipinski definition) is 5. The minimum Gasteiger partial charge on any atom is -0.496 e. The average molecular weight is 401 g/mol. The minimum absolute atomic E-state index is 0.162. The summed E-state index contributed by atoms with van der Waals surface area (Å²) in [4.78, 5) is 14.7. The highest BCUT2D eigenvalue weighted by Gasteiger charge is 2.26. The molecule has 3 rings (SSSR count). The van der Waals surface area contributed by atoms with Crippen molar-refractivity contribution < 1.29 is 9.53 Å². The predicted molar refractivity (Wildman–Crippen MR) is 112 cm³/mol. The zero-order valence-corrected chi connectivity index (χ0v) is 17.6. The quantitative estimate of drug-likeness (QED) is 0.523. The number of carbonyl (C=O) groups excluding carboxylic acids is 1. The fourth-order valence-corrected chi connectivity index (χ4v) is 4.65. The zero-order chi connectivity index (χ0) is 20.1. The van der Waals surface area contributed by atoms with E-state index < -0.39 is 0 Å². The average Bonchev–Trinajstić information content (AvgIpc) is 3.08. The highest BCUT2D eigenvalue weighted by atomic mass is 32.2. The second-order valence-corrected chi connectivity index (χ2v) is 8.38. The number of thioether (sulfide) groups is 1. The molecule has 150 valence electrons. The number of aromatic nitrogens is 3. The molecule has 1 aliphatic heterocycles. The molecule has 0 aliphatic carbocycles. The largest absolute Gasteiger partial charge is 0.496 e. The molecular formula is C21H28N4O2S. The van der Waals surface area contributed by atoms with Crippen LogP contribution in [0.15, 0.2) is 42.1 Å². The second kappa shape index (κ2) is 9.28. The highest BCUT2D eigenvalue weighted by molar-refractivity contribution is 7.99. The van der Waals surface area contributed by atoms with Gasteiger partial charge in [0.15, 0.2) is 11.0 Å². The molecule has 0 saturated carbocycles. The molecule has 1 aliphatic rings. The van der Waals surface area contributed by atoms with Crippen molar-refractivity contribution in [1.29, 1.82) is 0 Å². The van der Waals surface area contributed by atoms with Gasteiger partial charge in [-0.05, 0) is 30.4 Å². The first kappa shape index (κ1) is 20.5. The first-order chi connectivity index (χ1) is 13.5. The van der Waals surface area contributed by atoms with Crippen molar-refractivity contribution in [2.45, 2.75) is 32.0 Å². The number of nitrogens with zero attached hydrogens (tertiary/aromatic N) is 4. The third-order valence-electron chi connectivity index (χ3n) is 4.92. The Kier molecular flexibility index (Phi) is 6.78. The summed E-state index contributed by atoms with van der Waals surface area (Å²) in [5, 5.41) is 9.42. The number of piperidine rings is 1. The number of benzene rings is 1. The van der Waals surface area contributed by atoms with Gasteiger partial charge in [0.1, 0.15) is 5.75 Å². The molecule has 0 bridgehead atoms. The van der Waals surface area contributed by atoms with Crippen LogP contribution in [0.1, 0.15) is 20.3 Å². The summed E-state index contributed by atoms with van der Waals surface area (Å²) in [6.07, 6.45) is 3.00. The smallest absolute Gasteiger partial charge is 0.233 e. The summed E-state index contributed by atoms with van der Waals surface area (Å²) in [6, 6.07) is 7.72. The topological polar surface area (TPSA) is 60.2 Å². The predicted octanol–water partition coefficient (Wildman–Crippen LogP) is 3.74. The molecule has 1 aromatic heterocycles. The molecule has 1 amide bonds. The van der Waals surface area contributed by atoms with Crippen molar-refractivity contribution in [3.8, 4) is 17.1 Å². The first-order valence-corrected chi connectivity index (χ1v) is 10.6. The molecule has 0 spiro atoms. The van der Waals surface area contributed by atoms with Crippen molar-refractivity contribution in [3.63, 3.8) is 0 Å². The van der Waals surface area contributed by atoms with Crippen LogP contribution in [0.2, 0.25) is 0 Å². The van der Waals surface area contributed by atoms with E-state index in [2.05, 4.69) is 30.6 Å². The van der Waals surface area contributed by atoms with E-state index in [1.54, 1.807) is 7.11 Å². The number of rotatable bonds is 7. The Hall–Kier alpha value is -2.28. The van der Waals surface area contributed by atoms with Crippen LogP contribution in [-0.2, 0) is 11.3 Å². The van der Waals surface area contributed by atoms with E-state index in [0.717, 1.165) is 24.4 Å².